The molecule has 0 saturated carbocycles. The smallest absolute Gasteiger partial charge is 0.408 e. The number of nitrogens with one attached hydrogen (secondary N) is 2. The number of ether oxygens (including phenoxy) is 1. The van der Waals surface area contributed by atoms with Gasteiger partial charge in [-0.2, -0.15) is 0 Å². The Morgan fingerprint density at radius 3 is 2.12 bits per heavy atom. The summed E-state index contributed by atoms with van der Waals surface area (Å²) in [5, 5.41) is 14.3. The normalized spacial score (nSPS) is 13.6. The molecule has 7 nitrogen and oxygen atoms in total. The van der Waals surface area contributed by atoms with Crippen LogP contribution in [0.5, 0.6) is 0 Å². The molecule has 0 aliphatic heterocycles. The van der Waals surface area contributed by atoms with Gasteiger partial charge in [0.05, 0.1) is 0 Å². The van der Waals surface area contributed by atoms with E-state index in [1.807, 2.05) is 30.3 Å². The van der Waals surface area contributed by atoms with Crippen LogP contribution < -0.4 is 10.6 Å². The van der Waals surface area contributed by atoms with Crippen molar-refractivity contribution in [3.05, 3.63) is 35.9 Å². The van der Waals surface area contributed by atoms with Crippen LogP contribution in [0.25, 0.3) is 0 Å². The lowest BCUT2D eigenvalue weighted by Crippen LogP contribution is -2.54. The Morgan fingerprint density at radius 1 is 1.08 bits per heavy atom. The Bertz CT molecular complexity index is 623. The Morgan fingerprint density at radius 2 is 1.65 bits per heavy atom. The number of carbonyl (C=O) groups is 3. The third-order valence-electron chi connectivity index (χ3n) is 3.52. The molecule has 0 aromatic heterocycles. The minimum atomic E-state index is -1.12. The van der Waals surface area contributed by atoms with Crippen LogP contribution in [0.4, 0.5) is 4.79 Å². The quantitative estimate of drug-likeness (QED) is 0.689. The van der Waals surface area contributed by atoms with Gasteiger partial charge in [-0.3, -0.25) is 4.79 Å². The molecule has 0 heterocycles. The highest BCUT2D eigenvalue weighted by Gasteiger charge is 2.29. The number of alkyl carbamates (subject to hydrolysis) is 1. The van der Waals surface area contributed by atoms with E-state index in [4.69, 9.17) is 4.74 Å². The van der Waals surface area contributed by atoms with Crippen molar-refractivity contribution in [2.24, 2.45) is 5.92 Å². The molecule has 0 bridgehead atoms. The van der Waals surface area contributed by atoms with Crippen LogP contribution in [0.2, 0.25) is 0 Å². The standard InChI is InChI=1S/C19H28N2O5/c1-12(2)15(17(23)24)21-16(22)14(11-13-9-7-6-8-10-13)20-18(25)26-19(3,4)5/h6-10,12,14-15H,11H2,1-5H3,(H,20,25)(H,21,22)(H,23,24)/t14-,15-/m0/s1. The van der Waals surface area contributed by atoms with Crippen molar-refractivity contribution in [1.82, 2.24) is 10.6 Å². The first-order chi connectivity index (χ1) is 12.0. The van der Waals surface area contributed by atoms with Crippen molar-refractivity contribution >= 4 is 18.0 Å². The van der Waals surface area contributed by atoms with Crippen LogP contribution in [-0.4, -0.2) is 40.8 Å². The lowest BCUT2D eigenvalue weighted by Gasteiger charge is -2.25. The molecule has 144 valence electrons. The maximum absolute atomic E-state index is 12.6. The summed E-state index contributed by atoms with van der Waals surface area (Å²) in [5.41, 5.74) is 0.125. The summed E-state index contributed by atoms with van der Waals surface area (Å²) in [6, 6.07) is 7.16. The Labute approximate surface area is 154 Å². The predicted molar refractivity (Wildman–Crippen MR) is 97.7 cm³/mol. The number of amides is 2. The van der Waals surface area contributed by atoms with Crippen LogP contribution >= 0.6 is 0 Å². The van der Waals surface area contributed by atoms with Crippen molar-refractivity contribution in [2.75, 3.05) is 0 Å². The van der Waals surface area contributed by atoms with Crippen LogP contribution in [0.1, 0.15) is 40.2 Å². The van der Waals surface area contributed by atoms with E-state index >= 15 is 0 Å². The molecular formula is C19H28N2O5. The van der Waals surface area contributed by atoms with Crippen molar-refractivity contribution in [3.63, 3.8) is 0 Å². The average Bonchev–Trinajstić information content (AvgIpc) is 2.50. The second-order valence-electron chi connectivity index (χ2n) is 7.46. The molecule has 1 aromatic rings. The third-order valence-corrected chi connectivity index (χ3v) is 3.52. The highest BCUT2D eigenvalue weighted by molar-refractivity contribution is 5.89. The lowest BCUT2D eigenvalue weighted by molar-refractivity contribution is -0.143. The van der Waals surface area contributed by atoms with E-state index in [1.165, 1.54) is 0 Å². The maximum Gasteiger partial charge on any atom is 0.408 e. The van der Waals surface area contributed by atoms with Crippen molar-refractivity contribution in [2.45, 2.75) is 58.7 Å². The second-order valence-corrected chi connectivity index (χ2v) is 7.46. The molecule has 26 heavy (non-hydrogen) atoms. The minimum Gasteiger partial charge on any atom is -0.480 e. The van der Waals surface area contributed by atoms with Gasteiger partial charge in [0.15, 0.2) is 0 Å². The van der Waals surface area contributed by atoms with Gasteiger partial charge >= 0.3 is 12.1 Å². The van der Waals surface area contributed by atoms with Gasteiger partial charge in [-0.25, -0.2) is 9.59 Å². The monoisotopic (exact) mass is 364 g/mol. The second kappa shape index (κ2) is 9.22. The zero-order valence-corrected chi connectivity index (χ0v) is 15.9. The first kappa shape index (κ1) is 21.5. The number of hydrogen-bond donors (Lipinski definition) is 3. The van der Waals surface area contributed by atoms with E-state index in [1.54, 1.807) is 34.6 Å². The van der Waals surface area contributed by atoms with Gasteiger partial charge in [0.25, 0.3) is 0 Å². The minimum absolute atomic E-state index is 0.219. The fourth-order valence-corrected chi connectivity index (χ4v) is 2.28. The van der Waals surface area contributed by atoms with E-state index in [0.29, 0.717) is 0 Å². The molecule has 0 aliphatic rings. The summed E-state index contributed by atoms with van der Waals surface area (Å²) in [6.45, 7) is 8.56. The van der Waals surface area contributed by atoms with Gasteiger partial charge in [0.2, 0.25) is 5.91 Å². The molecule has 1 rings (SSSR count). The Kier molecular flexibility index (Phi) is 7.61. The van der Waals surface area contributed by atoms with Gasteiger partial charge in [-0.05, 0) is 32.3 Å². The summed E-state index contributed by atoms with van der Waals surface area (Å²) in [5.74, 6) is -1.99. The molecule has 0 saturated heterocycles. The lowest BCUT2D eigenvalue weighted by atomic mass is 10.0. The summed E-state index contributed by atoms with van der Waals surface area (Å²) in [7, 11) is 0. The first-order valence-corrected chi connectivity index (χ1v) is 8.56. The van der Waals surface area contributed by atoms with Crippen LogP contribution in [0, 0.1) is 5.92 Å². The molecule has 2 amide bonds. The van der Waals surface area contributed by atoms with Crippen molar-refractivity contribution in [1.29, 1.82) is 0 Å². The summed E-state index contributed by atoms with van der Waals surface area (Å²) < 4.78 is 5.21. The highest BCUT2D eigenvalue weighted by atomic mass is 16.6. The Hall–Kier alpha value is -2.57. The Balaban J connectivity index is 2.93. The van der Waals surface area contributed by atoms with E-state index in [2.05, 4.69) is 10.6 Å². The maximum atomic E-state index is 12.6. The van der Waals surface area contributed by atoms with Gasteiger partial charge in [-0.15, -0.1) is 0 Å². The molecule has 0 fully saturated rings. The zero-order chi connectivity index (χ0) is 19.9. The molecule has 0 spiro atoms. The number of carboxylic acids is 1. The third kappa shape index (κ3) is 7.55. The number of rotatable bonds is 7. The fraction of sp³-hybridized carbons (Fsp3) is 0.526. The molecular weight excluding hydrogens is 336 g/mol. The van der Waals surface area contributed by atoms with Crippen LogP contribution in [0.15, 0.2) is 30.3 Å². The highest BCUT2D eigenvalue weighted by Crippen LogP contribution is 2.10. The van der Waals surface area contributed by atoms with Crippen molar-refractivity contribution < 1.29 is 24.2 Å². The largest absolute Gasteiger partial charge is 0.480 e. The van der Waals surface area contributed by atoms with Gasteiger partial charge in [0, 0.05) is 6.42 Å². The topological polar surface area (TPSA) is 105 Å². The number of carboxylic acid groups (broad SMARTS) is 1. The molecule has 0 radical (unpaired) electrons. The first-order valence-electron chi connectivity index (χ1n) is 8.56. The number of hydrogen-bond acceptors (Lipinski definition) is 4. The van der Waals surface area contributed by atoms with Crippen LogP contribution in [-0.2, 0) is 20.7 Å². The fourth-order valence-electron chi connectivity index (χ4n) is 2.28. The molecule has 1 aromatic carbocycles. The van der Waals surface area contributed by atoms with Crippen LogP contribution in [0.3, 0.4) is 0 Å². The molecule has 0 unspecified atom stereocenters. The van der Waals surface area contributed by atoms with Gasteiger partial charge < -0.3 is 20.5 Å². The SMILES string of the molecule is CC(C)[C@H](NC(=O)[C@H](Cc1ccccc1)NC(=O)OC(C)(C)C)C(=O)O. The average molecular weight is 364 g/mol. The number of carbonyl (C=O) groups excluding carboxylic acids is 2. The number of benzene rings is 1. The molecule has 2 atom stereocenters. The van der Waals surface area contributed by atoms with Gasteiger partial charge in [0.1, 0.15) is 17.7 Å². The molecule has 3 N–H and O–H groups in total. The van der Waals surface area contributed by atoms with E-state index < -0.39 is 35.7 Å². The molecule has 0 aliphatic carbocycles. The zero-order valence-electron chi connectivity index (χ0n) is 15.9. The van der Waals surface area contributed by atoms with E-state index in [-0.39, 0.29) is 12.3 Å². The summed E-state index contributed by atoms with van der Waals surface area (Å²) in [4.78, 5) is 36.1. The van der Waals surface area contributed by atoms with E-state index in [0.717, 1.165) is 5.56 Å². The molecule has 7 heteroatoms. The van der Waals surface area contributed by atoms with Crippen molar-refractivity contribution in [3.8, 4) is 0 Å². The predicted octanol–water partition coefficient (Wildman–Crippen LogP) is 2.35. The number of aliphatic carboxylic acids is 1. The van der Waals surface area contributed by atoms with E-state index in [9.17, 15) is 19.5 Å². The summed E-state index contributed by atoms with van der Waals surface area (Å²) in [6.07, 6.45) is -0.513. The summed E-state index contributed by atoms with van der Waals surface area (Å²) >= 11 is 0. The van der Waals surface area contributed by atoms with Gasteiger partial charge in [-0.1, -0.05) is 44.2 Å².